The summed E-state index contributed by atoms with van der Waals surface area (Å²) < 4.78 is 5.58. The Balaban J connectivity index is 1.63. The van der Waals surface area contributed by atoms with E-state index < -0.39 is 0 Å². The van der Waals surface area contributed by atoms with Crippen molar-refractivity contribution in [1.29, 1.82) is 0 Å². The molecule has 25 heavy (non-hydrogen) atoms. The van der Waals surface area contributed by atoms with E-state index in [1.807, 2.05) is 31.2 Å². The quantitative estimate of drug-likeness (QED) is 0.839. The maximum Gasteiger partial charge on any atom is 0.271 e. The first-order chi connectivity index (χ1) is 12.3. The minimum absolute atomic E-state index is 0.152. The molecule has 0 atom stereocenters. The fourth-order valence-electron chi connectivity index (χ4n) is 3.01. The van der Waals surface area contributed by atoms with Gasteiger partial charge in [-0.15, -0.1) is 0 Å². The molecular weight excluding hydrogens is 316 g/mol. The minimum atomic E-state index is -0.152. The third-order valence-corrected chi connectivity index (χ3v) is 4.27. The Kier molecular flexibility index (Phi) is 5.82. The van der Waals surface area contributed by atoms with E-state index in [1.54, 1.807) is 6.20 Å². The van der Waals surface area contributed by atoms with Crippen LogP contribution in [0.25, 0.3) is 0 Å². The number of hydrogen-bond donors (Lipinski definition) is 2. The van der Waals surface area contributed by atoms with E-state index >= 15 is 0 Å². The zero-order valence-corrected chi connectivity index (χ0v) is 14.5. The van der Waals surface area contributed by atoms with E-state index in [4.69, 9.17) is 4.74 Å². The average Bonchev–Trinajstić information content (AvgIpc) is 2.65. The topological polar surface area (TPSA) is 76.1 Å². The van der Waals surface area contributed by atoms with Gasteiger partial charge in [-0.1, -0.05) is 31.4 Å². The van der Waals surface area contributed by atoms with Gasteiger partial charge in [0.2, 0.25) is 0 Å². The second-order valence-electron chi connectivity index (χ2n) is 6.15. The zero-order valence-electron chi connectivity index (χ0n) is 14.5. The first-order valence-corrected chi connectivity index (χ1v) is 8.88. The average molecular weight is 340 g/mol. The van der Waals surface area contributed by atoms with Crippen LogP contribution in [0.3, 0.4) is 0 Å². The molecule has 1 aliphatic carbocycles. The summed E-state index contributed by atoms with van der Waals surface area (Å²) >= 11 is 0. The minimum Gasteiger partial charge on any atom is -0.492 e. The fourth-order valence-corrected chi connectivity index (χ4v) is 3.01. The van der Waals surface area contributed by atoms with Crippen LogP contribution >= 0.6 is 0 Å². The SMILES string of the molecule is CCOc1ccccc1Nc1cnc(C(=O)NC2CCCCC2)cn1. The largest absolute Gasteiger partial charge is 0.492 e. The van der Waals surface area contributed by atoms with Gasteiger partial charge in [-0.2, -0.15) is 0 Å². The molecule has 1 saturated carbocycles. The van der Waals surface area contributed by atoms with E-state index in [9.17, 15) is 4.79 Å². The summed E-state index contributed by atoms with van der Waals surface area (Å²) in [7, 11) is 0. The van der Waals surface area contributed by atoms with E-state index in [2.05, 4.69) is 20.6 Å². The molecule has 6 heteroatoms. The molecule has 0 spiro atoms. The highest BCUT2D eigenvalue weighted by atomic mass is 16.5. The van der Waals surface area contributed by atoms with E-state index in [0.29, 0.717) is 18.1 Å². The molecule has 1 aliphatic rings. The summed E-state index contributed by atoms with van der Waals surface area (Å²) in [5, 5.41) is 6.22. The molecule has 0 radical (unpaired) electrons. The number of benzene rings is 1. The molecular formula is C19H24N4O2. The summed E-state index contributed by atoms with van der Waals surface area (Å²) in [4.78, 5) is 20.8. The number of para-hydroxylation sites is 2. The van der Waals surface area contributed by atoms with Crippen molar-refractivity contribution in [3.63, 3.8) is 0 Å². The summed E-state index contributed by atoms with van der Waals surface area (Å²) in [5.74, 6) is 1.17. The number of carbonyl (C=O) groups is 1. The molecule has 6 nitrogen and oxygen atoms in total. The van der Waals surface area contributed by atoms with Crippen molar-refractivity contribution < 1.29 is 9.53 Å². The summed E-state index contributed by atoms with van der Waals surface area (Å²) in [6.07, 6.45) is 8.79. The van der Waals surface area contributed by atoms with Gasteiger partial charge in [-0.3, -0.25) is 4.79 Å². The van der Waals surface area contributed by atoms with Crippen molar-refractivity contribution in [3.8, 4) is 5.75 Å². The van der Waals surface area contributed by atoms with Crippen LogP contribution in [0.5, 0.6) is 5.75 Å². The monoisotopic (exact) mass is 340 g/mol. The van der Waals surface area contributed by atoms with Gasteiger partial charge in [0.1, 0.15) is 17.3 Å². The van der Waals surface area contributed by atoms with E-state index in [-0.39, 0.29) is 11.9 Å². The highest BCUT2D eigenvalue weighted by Crippen LogP contribution is 2.26. The van der Waals surface area contributed by atoms with Gasteiger partial charge in [0.25, 0.3) is 5.91 Å². The molecule has 132 valence electrons. The zero-order chi connectivity index (χ0) is 17.5. The molecule has 0 aliphatic heterocycles. The van der Waals surface area contributed by atoms with Crippen molar-refractivity contribution in [2.75, 3.05) is 11.9 Å². The molecule has 1 aromatic carbocycles. The number of anilines is 2. The smallest absolute Gasteiger partial charge is 0.271 e. The molecule has 2 N–H and O–H groups in total. The molecule has 1 amide bonds. The maximum absolute atomic E-state index is 12.3. The summed E-state index contributed by atoms with van der Waals surface area (Å²) in [6, 6.07) is 7.91. The summed E-state index contributed by atoms with van der Waals surface area (Å²) in [6.45, 7) is 2.53. The lowest BCUT2D eigenvalue weighted by Crippen LogP contribution is -2.36. The van der Waals surface area contributed by atoms with Gasteiger partial charge < -0.3 is 15.4 Å². The molecule has 1 aromatic heterocycles. The highest BCUT2D eigenvalue weighted by molar-refractivity contribution is 5.92. The Labute approximate surface area is 148 Å². The lowest BCUT2D eigenvalue weighted by molar-refractivity contribution is 0.0922. The number of nitrogens with one attached hydrogen (secondary N) is 2. The molecule has 3 rings (SSSR count). The van der Waals surface area contributed by atoms with Gasteiger partial charge >= 0.3 is 0 Å². The van der Waals surface area contributed by atoms with Gasteiger partial charge in [-0.25, -0.2) is 9.97 Å². The standard InChI is InChI=1S/C19H24N4O2/c1-2-25-17-11-7-6-10-15(17)23-18-13-20-16(12-21-18)19(24)22-14-8-4-3-5-9-14/h6-7,10-14H,2-5,8-9H2,1H3,(H,21,23)(H,22,24). The van der Waals surface area contributed by atoms with Crippen LogP contribution in [0, 0.1) is 0 Å². The predicted molar refractivity (Wildman–Crippen MR) is 97.3 cm³/mol. The number of ether oxygens (including phenoxy) is 1. The van der Waals surface area contributed by atoms with Crippen LogP contribution in [0.1, 0.15) is 49.5 Å². The van der Waals surface area contributed by atoms with Crippen molar-refractivity contribution in [3.05, 3.63) is 42.4 Å². The Morgan fingerprint density at radius 2 is 1.96 bits per heavy atom. The first kappa shape index (κ1) is 17.2. The number of rotatable bonds is 6. The highest BCUT2D eigenvalue weighted by Gasteiger charge is 2.17. The van der Waals surface area contributed by atoms with Crippen LogP contribution < -0.4 is 15.4 Å². The van der Waals surface area contributed by atoms with Crippen molar-refractivity contribution in [2.24, 2.45) is 0 Å². The second kappa shape index (κ2) is 8.46. The molecule has 2 aromatic rings. The second-order valence-corrected chi connectivity index (χ2v) is 6.15. The lowest BCUT2D eigenvalue weighted by Gasteiger charge is -2.22. The van der Waals surface area contributed by atoms with Gasteiger partial charge in [0.15, 0.2) is 0 Å². The number of nitrogens with zero attached hydrogens (tertiary/aromatic N) is 2. The third kappa shape index (κ3) is 4.68. The van der Waals surface area contributed by atoms with Crippen molar-refractivity contribution >= 4 is 17.4 Å². The van der Waals surface area contributed by atoms with Crippen LogP contribution in [0.4, 0.5) is 11.5 Å². The number of amides is 1. The molecule has 0 saturated heterocycles. The summed E-state index contributed by atoms with van der Waals surface area (Å²) in [5.41, 5.74) is 1.16. The fraction of sp³-hybridized carbons (Fsp3) is 0.421. The van der Waals surface area contributed by atoms with Crippen molar-refractivity contribution in [2.45, 2.75) is 45.1 Å². The Bertz CT molecular complexity index is 697. The Hall–Kier alpha value is -2.63. The Morgan fingerprint density at radius 1 is 1.16 bits per heavy atom. The number of hydrogen-bond acceptors (Lipinski definition) is 5. The predicted octanol–water partition coefficient (Wildman–Crippen LogP) is 3.68. The molecule has 1 heterocycles. The van der Waals surface area contributed by atoms with Crippen LogP contribution in [0.15, 0.2) is 36.7 Å². The Morgan fingerprint density at radius 3 is 2.68 bits per heavy atom. The van der Waals surface area contributed by atoms with Gasteiger partial charge in [-0.05, 0) is 31.9 Å². The molecule has 0 unspecified atom stereocenters. The third-order valence-electron chi connectivity index (χ3n) is 4.27. The number of carbonyl (C=O) groups excluding carboxylic acids is 1. The van der Waals surface area contributed by atoms with Crippen LogP contribution in [-0.4, -0.2) is 28.5 Å². The molecule has 1 fully saturated rings. The number of aromatic nitrogens is 2. The first-order valence-electron chi connectivity index (χ1n) is 8.88. The van der Waals surface area contributed by atoms with E-state index in [1.165, 1.54) is 25.5 Å². The van der Waals surface area contributed by atoms with Gasteiger partial charge in [0.05, 0.1) is 24.7 Å². The van der Waals surface area contributed by atoms with Gasteiger partial charge in [0, 0.05) is 6.04 Å². The normalized spacial score (nSPS) is 14.8. The van der Waals surface area contributed by atoms with Crippen molar-refractivity contribution in [1.82, 2.24) is 15.3 Å². The lowest BCUT2D eigenvalue weighted by atomic mass is 9.95. The van der Waals surface area contributed by atoms with Crippen LogP contribution in [-0.2, 0) is 0 Å². The van der Waals surface area contributed by atoms with E-state index in [0.717, 1.165) is 24.3 Å². The maximum atomic E-state index is 12.3. The van der Waals surface area contributed by atoms with Crippen LogP contribution in [0.2, 0.25) is 0 Å². The molecule has 0 bridgehead atoms.